The number of para-hydroxylation sites is 5. The summed E-state index contributed by atoms with van der Waals surface area (Å²) in [6.45, 7) is 0. The third-order valence-corrected chi connectivity index (χ3v) is 12.8. The summed E-state index contributed by atoms with van der Waals surface area (Å²) in [5.74, 6) is 0. The normalized spacial score (nSPS) is 12.1. The molecular formula is C49H30N4O2S. The molecule has 11 rings (SSSR count). The Labute approximate surface area is 321 Å². The van der Waals surface area contributed by atoms with Crippen molar-refractivity contribution in [1.29, 1.82) is 5.26 Å². The third-order valence-electron chi connectivity index (χ3n) is 11.0. The van der Waals surface area contributed by atoms with E-state index < -0.39 is 9.84 Å². The van der Waals surface area contributed by atoms with Crippen molar-refractivity contribution in [2.45, 2.75) is 9.79 Å². The van der Waals surface area contributed by atoms with Crippen LogP contribution in [-0.2, 0) is 9.84 Å². The van der Waals surface area contributed by atoms with Gasteiger partial charge in [0.2, 0.25) is 9.84 Å². The maximum atomic E-state index is 14.2. The predicted molar refractivity (Wildman–Crippen MR) is 226 cm³/mol. The van der Waals surface area contributed by atoms with Crippen LogP contribution in [0.15, 0.2) is 192 Å². The second-order valence-corrected chi connectivity index (χ2v) is 16.0. The topological polar surface area (TPSA) is 72.7 Å². The highest BCUT2D eigenvalue weighted by atomic mass is 32.2. The first-order chi connectivity index (χ1) is 27.5. The summed E-state index contributed by atoms with van der Waals surface area (Å²) in [6.07, 6.45) is 0. The maximum Gasteiger partial charge on any atom is 0.206 e. The van der Waals surface area contributed by atoms with E-state index in [-0.39, 0.29) is 9.79 Å². The number of aromatic nitrogens is 3. The Balaban J connectivity index is 1.39. The second kappa shape index (κ2) is 12.1. The SMILES string of the molecule is N#Cc1ccc(S(=O)(=O)c2cccc(-n3c4ccccc4c4c5c(c6ccccc6n5-c5ccccc5)c5c(c6ccccc6n5-c5ccccc5)c43)c2)cc1. The fraction of sp³-hybridized carbons (Fsp3) is 0. The van der Waals surface area contributed by atoms with Crippen LogP contribution in [0.5, 0.6) is 0 Å². The Morgan fingerprint density at radius 1 is 0.393 bits per heavy atom. The lowest BCUT2D eigenvalue weighted by molar-refractivity contribution is 0.596. The highest BCUT2D eigenvalue weighted by Crippen LogP contribution is 2.50. The minimum absolute atomic E-state index is 0.137. The van der Waals surface area contributed by atoms with Gasteiger partial charge >= 0.3 is 0 Å². The van der Waals surface area contributed by atoms with Gasteiger partial charge in [-0.3, -0.25) is 0 Å². The molecule has 0 amide bonds. The maximum absolute atomic E-state index is 14.2. The zero-order valence-electron chi connectivity index (χ0n) is 29.8. The van der Waals surface area contributed by atoms with Gasteiger partial charge in [0.15, 0.2) is 0 Å². The Morgan fingerprint density at radius 3 is 1.23 bits per heavy atom. The van der Waals surface area contributed by atoms with E-state index in [2.05, 4.69) is 135 Å². The lowest BCUT2D eigenvalue weighted by Gasteiger charge is -2.14. The zero-order chi connectivity index (χ0) is 37.5. The van der Waals surface area contributed by atoms with Crippen molar-refractivity contribution in [3.05, 3.63) is 188 Å². The first-order valence-corrected chi connectivity index (χ1v) is 19.9. The lowest BCUT2D eigenvalue weighted by Crippen LogP contribution is -2.04. The Hall–Kier alpha value is -7.40. The van der Waals surface area contributed by atoms with Gasteiger partial charge in [-0.25, -0.2) is 8.42 Å². The van der Waals surface area contributed by atoms with Crippen LogP contribution < -0.4 is 0 Å². The minimum Gasteiger partial charge on any atom is -0.308 e. The number of hydrogen-bond acceptors (Lipinski definition) is 3. The summed E-state index contributed by atoms with van der Waals surface area (Å²) in [7, 11) is -3.92. The molecule has 0 saturated carbocycles. The van der Waals surface area contributed by atoms with Gasteiger partial charge in [0, 0.05) is 49.4 Å². The van der Waals surface area contributed by atoms with Gasteiger partial charge in [0.25, 0.3) is 0 Å². The van der Waals surface area contributed by atoms with Gasteiger partial charge in [0.05, 0.1) is 54.5 Å². The van der Waals surface area contributed by atoms with Gasteiger partial charge in [-0.15, -0.1) is 0 Å². The van der Waals surface area contributed by atoms with Gasteiger partial charge in [-0.05, 0) is 84.9 Å². The van der Waals surface area contributed by atoms with Crippen LogP contribution in [0.4, 0.5) is 0 Å². The second-order valence-electron chi connectivity index (χ2n) is 14.0. The van der Waals surface area contributed by atoms with Crippen molar-refractivity contribution in [1.82, 2.24) is 13.7 Å². The monoisotopic (exact) mass is 738 g/mol. The van der Waals surface area contributed by atoms with Crippen LogP contribution in [0.3, 0.4) is 0 Å². The van der Waals surface area contributed by atoms with Crippen molar-refractivity contribution in [3.63, 3.8) is 0 Å². The quantitative estimate of drug-likeness (QED) is 0.176. The molecule has 0 unspecified atom stereocenters. The van der Waals surface area contributed by atoms with Crippen LogP contribution in [0.2, 0.25) is 0 Å². The number of sulfone groups is 1. The third kappa shape index (κ3) is 4.45. The molecule has 0 radical (unpaired) electrons. The number of rotatable bonds is 5. The highest BCUT2D eigenvalue weighted by Gasteiger charge is 2.29. The molecule has 7 heteroatoms. The molecule has 0 aliphatic rings. The Bertz CT molecular complexity index is 3470. The minimum atomic E-state index is -3.92. The molecule has 0 spiro atoms. The molecule has 264 valence electrons. The van der Waals surface area contributed by atoms with Crippen LogP contribution in [-0.4, -0.2) is 22.1 Å². The van der Waals surface area contributed by atoms with E-state index in [9.17, 15) is 13.7 Å². The summed E-state index contributed by atoms with van der Waals surface area (Å²) < 4.78 is 35.4. The molecule has 6 nitrogen and oxygen atoms in total. The zero-order valence-corrected chi connectivity index (χ0v) is 30.7. The summed E-state index contributed by atoms with van der Waals surface area (Å²) in [6, 6.07) is 62.1. The van der Waals surface area contributed by atoms with Gasteiger partial charge in [-0.1, -0.05) is 97.1 Å². The first-order valence-electron chi connectivity index (χ1n) is 18.4. The molecule has 0 bridgehead atoms. The molecule has 0 N–H and O–H groups in total. The molecular weight excluding hydrogens is 709 g/mol. The summed E-state index contributed by atoms with van der Waals surface area (Å²) in [5.41, 5.74) is 9.52. The standard InChI is InChI=1S/C49H30N4O2S/c50-31-32-26-28-36(29-27-32)56(54,55)37-19-13-18-35(30-37)53-43-25-12-9-22-40(43)46-48-44(38-20-7-10-23-41(38)51(48)33-14-3-1-4-15-33)47-45(49(46)53)39-21-8-11-24-42(39)52(47)34-16-5-2-6-17-34/h1-30H. The molecule has 56 heavy (non-hydrogen) atoms. The molecule has 11 aromatic rings. The van der Waals surface area contributed by atoms with E-state index in [1.54, 1.807) is 24.3 Å². The van der Waals surface area contributed by atoms with Crippen LogP contribution in [0.25, 0.3) is 82.5 Å². The lowest BCUT2D eigenvalue weighted by atomic mass is 10.0. The molecule has 3 aromatic heterocycles. The summed E-state index contributed by atoms with van der Waals surface area (Å²) in [4.78, 5) is 0.311. The predicted octanol–water partition coefficient (Wildman–Crippen LogP) is 11.7. The molecule has 3 heterocycles. The number of nitrogens with zero attached hydrogens (tertiary/aromatic N) is 4. The Morgan fingerprint density at radius 2 is 0.786 bits per heavy atom. The van der Waals surface area contributed by atoms with Crippen molar-refractivity contribution in [2.24, 2.45) is 0 Å². The van der Waals surface area contributed by atoms with Crippen molar-refractivity contribution in [3.8, 4) is 23.1 Å². The number of fused-ring (bicyclic) bond motifs is 12. The molecule has 0 saturated heterocycles. The molecule has 0 fully saturated rings. The van der Waals surface area contributed by atoms with Gasteiger partial charge < -0.3 is 13.7 Å². The van der Waals surface area contributed by atoms with E-state index in [4.69, 9.17) is 0 Å². The van der Waals surface area contributed by atoms with E-state index >= 15 is 0 Å². The molecule has 0 atom stereocenters. The molecule has 0 aliphatic carbocycles. The van der Waals surface area contributed by atoms with Crippen molar-refractivity contribution >= 4 is 75.3 Å². The van der Waals surface area contributed by atoms with Crippen molar-refractivity contribution < 1.29 is 8.42 Å². The smallest absolute Gasteiger partial charge is 0.206 e. The fourth-order valence-electron chi connectivity index (χ4n) is 8.74. The van der Waals surface area contributed by atoms with Gasteiger partial charge in [-0.2, -0.15) is 5.26 Å². The van der Waals surface area contributed by atoms with E-state index in [0.717, 1.165) is 82.5 Å². The van der Waals surface area contributed by atoms with E-state index in [0.29, 0.717) is 5.56 Å². The summed E-state index contributed by atoms with van der Waals surface area (Å²) in [5, 5.41) is 16.0. The van der Waals surface area contributed by atoms with Gasteiger partial charge in [0.1, 0.15) is 0 Å². The summed E-state index contributed by atoms with van der Waals surface area (Å²) >= 11 is 0. The fourth-order valence-corrected chi connectivity index (χ4v) is 10.0. The highest BCUT2D eigenvalue weighted by molar-refractivity contribution is 7.91. The average Bonchev–Trinajstić information content (AvgIpc) is 3.90. The van der Waals surface area contributed by atoms with E-state index in [1.807, 2.05) is 30.3 Å². The van der Waals surface area contributed by atoms with E-state index in [1.165, 1.54) is 12.1 Å². The molecule has 8 aromatic carbocycles. The number of benzene rings is 8. The Kier molecular flexibility index (Phi) is 6.90. The number of hydrogen-bond donors (Lipinski definition) is 0. The average molecular weight is 739 g/mol. The van der Waals surface area contributed by atoms with Crippen molar-refractivity contribution in [2.75, 3.05) is 0 Å². The number of nitriles is 1. The van der Waals surface area contributed by atoms with Crippen LogP contribution in [0.1, 0.15) is 5.56 Å². The van der Waals surface area contributed by atoms with Crippen LogP contribution >= 0.6 is 0 Å². The molecule has 0 aliphatic heterocycles. The largest absolute Gasteiger partial charge is 0.308 e. The first kappa shape index (κ1) is 32.1. The van der Waals surface area contributed by atoms with Crippen LogP contribution in [0, 0.1) is 11.3 Å².